The van der Waals surface area contributed by atoms with Crippen LogP contribution in [-0.4, -0.2) is 18.9 Å². The second-order valence-corrected chi connectivity index (χ2v) is 5.84. The molecule has 0 aromatic heterocycles. The van der Waals surface area contributed by atoms with Crippen molar-refractivity contribution in [2.75, 3.05) is 12.4 Å². The fourth-order valence-corrected chi connectivity index (χ4v) is 2.29. The molecule has 2 rings (SSSR count). The van der Waals surface area contributed by atoms with Crippen LogP contribution in [0.4, 0.5) is 10.1 Å². The van der Waals surface area contributed by atoms with Crippen molar-refractivity contribution in [3.8, 4) is 5.75 Å². The van der Waals surface area contributed by atoms with Crippen molar-refractivity contribution in [2.24, 2.45) is 0 Å². The van der Waals surface area contributed by atoms with E-state index in [1.807, 2.05) is 0 Å². The molecule has 0 radical (unpaired) electrons. The molecule has 2 N–H and O–H groups in total. The highest BCUT2D eigenvalue weighted by Gasteiger charge is 2.13. The molecule has 25 heavy (non-hydrogen) atoms. The van der Waals surface area contributed by atoms with E-state index in [1.165, 1.54) is 19.2 Å². The Bertz CT molecular complexity index is 779. The predicted octanol–water partition coefficient (Wildman–Crippen LogP) is 3.44. The predicted molar refractivity (Wildman–Crippen MR) is 94.2 cm³/mol. The first-order valence-corrected chi connectivity index (χ1v) is 7.92. The van der Waals surface area contributed by atoms with Crippen LogP contribution < -0.4 is 15.4 Å². The lowest BCUT2D eigenvalue weighted by molar-refractivity contribution is -0.126. The number of nitrogens with one attached hydrogen (secondary N) is 2. The number of carbonyl (C=O) groups excluding carboxylic acids is 2. The largest absolute Gasteiger partial charge is 0.495 e. The highest BCUT2D eigenvalue weighted by molar-refractivity contribution is 6.31. The highest BCUT2D eigenvalue weighted by Crippen LogP contribution is 2.30. The molecule has 0 aliphatic carbocycles. The quantitative estimate of drug-likeness (QED) is 0.771. The first-order chi connectivity index (χ1) is 11.9. The molecule has 0 unspecified atom stereocenters. The van der Waals surface area contributed by atoms with E-state index in [0.717, 1.165) is 11.1 Å². The zero-order valence-corrected chi connectivity index (χ0v) is 14.6. The Morgan fingerprint density at radius 2 is 1.84 bits per heavy atom. The van der Waals surface area contributed by atoms with E-state index in [1.54, 1.807) is 31.2 Å². The number of amides is 2. The van der Waals surface area contributed by atoms with Gasteiger partial charge in [0.1, 0.15) is 18.0 Å². The van der Waals surface area contributed by atoms with Gasteiger partial charge in [-0.3, -0.25) is 9.59 Å². The van der Waals surface area contributed by atoms with Crippen LogP contribution in [0.25, 0.3) is 0 Å². The zero-order chi connectivity index (χ0) is 18.4. The summed E-state index contributed by atoms with van der Waals surface area (Å²) in [6.07, 6.45) is -0.341. The van der Waals surface area contributed by atoms with Gasteiger partial charge < -0.3 is 15.4 Å². The monoisotopic (exact) mass is 364 g/mol. The van der Waals surface area contributed by atoms with Crippen LogP contribution >= 0.6 is 11.6 Å². The van der Waals surface area contributed by atoms with Crippen molar-refractivity contribution in [1.82, 2.24) is 5.32 Å². The Kier molecular flexibility index (Phi) is 6.36. The molecule has 0 bridgehead atoms. The number of halogens is 2. The van der Waals surface area contributed by atoms with Crippen LogP contribution in [0.3, 0.4) is 0 Å². The Morgan fingerprint density at radius 3 is 2.48 bits per heavy atom. The molecule has 0 spiro atoms. The lowest BCUT2D eigenvalue weighted by Crippen LogP contribution is -2.27. The van der Waals surface area contributed by atoms with Crippen LogP contribution in [-0.2, 0) is 16.1 Å². The molecule has 0 aliphatic heterocycles. The molecule has 0 saturated carbocycles. The summed E-state index contributed by atoms with van der Waals surface area (Å²) < 4.78 is 18.0. The Morgan fingerprint density at radius 1 is 1.16 bits per heavy atom. The molecule has 2 aromatic rings. The molecule has 0 aliphatic rings. The van der Waals surface area contributed by atoms with Crippen LogP contribution in [0.15, 0.2) is 36.4 Å². The van der Waals surface area contributed by atoms with E-state index in [2.05, 4.69) is 10.6 Å². The highest BCUT2D eigenvalue weighted by atomic mass is 35.5. The normalized spacial score (nSPS) is 10.2. The number of methoxy groups -OCH3 is 1. The summed E-state index contributed by atoms with van der Waals surface area (Å²) in [5.74, 6) is -0.847. The van der Waals surface area contributed by atoms with Crippen molar-refractivity contribution < 1.29 is 18.7 Å². The van der Waals surface area contributed by atoms with Gasteiger partial charge in [0.15, 0.2) is 0 Å². The molecule has 0 atom stereocenters. The molecule has 2 amide bonds. The molecule has 132 valence electrons. The second kappa shape index (κ2) is 8.48. The molecule has 0 heterocycles. The average molecular weight is 365 g/mol. The van der Waals surface area contributed by atoms with Gasteiger partial charge in [-0.15, -0.1) is 0 Å². The summed E-state index contributed by atoms with van der Waals surface area (Å²) >= 11 is 6.01. The average Bonchev–Trinajstić information content (AvgIpc) is 2.57. The minimum Gasteiger partial charge on any atom is -0.495 e. The lowest BCUT2D eigenvalue weighted by atomic mass is 10.2. The summed E-state index contributed by atoms with van der Waals surface area (Å²) in [6, 6.07) is 9.03. The van der Waals surface area contributed by atoms with Crippen LogP contribution in [0, 0.1) is 12.7 Å². The molecule has 7 heteroatoms. The summed E-state index contributed by atoms with van der Waals surface area (Å²) in [5, 5.41) is 5.76. The topological polar surface area (TPSA) is 67.4 Å². The number of rotatable bonds is 6. The van der Waals surface area contributed by atoms with Crippen LogP contribution in [0.2, 0.25) is 5.02 Å². The second-order valence-electron chi connectivity index (χ2n) is 5.43. The molecule has 5 nitrogen and oxygen atoms in total. The summed E-state index contributed by atoms with van der Waals surface area (Å²) in [6.45, 7) is 2.02. The zero-order valence-electron chi connectivity index (χ0n) is 13.9. The lowest BCUT2D eigenvalue weighted by Gasteiger charge is -2.12. The number of ether oxygens (including phenoxy) is 1. The first kappa shape index (κ1) is 18.7. The van der Waals surface area contributed by atoms with Gasteiger partial charge in [0.05, 0.1) is 12.8 Å². The Labute approximate surface area is 150 Å². The van der Waals surface area contributed by atoms with E-state index in [-0.39, 0.29) is 18.8 Å². The Balaban J connectivity index is 1.90. The number of hydrogen-bond donors (Lipinski definition) is 2. The number of anilines is 1. The van der Waals surface area contributed by atoms with Crippen LogP contribution in [0.5, 0.6) is 5.75 Å². The summed E-state index contributed by atoms with van der Waals surface area (Å²) in [4.78, 5) is 23.9. The minimum atomic E-state index is -0.475. The molecule has 0 saturated heterocycles. The van der Waals surface area contributed by atoms with Gasteiger partial charge in [0.25, 0.3) is 0 Å². The maximum Gasteiger partial charge on any atom is 0.233 e. The van der Waals surface area contributed by atoms with Gasteiger partial charge in [0, 0.05) is 17.6 Å². The maximum atomic E-state index is 12.8. The molecular weight excluding hydrogens is 347 g/mol. The minimum absolute atomic E-state index is 0.218. The van der Waals surface area contributed by atoms with Crippen molar-refractivity contribution >= 4 is 29.1 Å². The maximum absolute atomic E-state index is 12.8. The van der Waals surface area contributed by atoms with Crippen molar-refractivity contribution in [2.45, 2.75) is 19.9 Å². The first-order valence-electron chi connectivity index (χ1n) is 7.54. The molecule has 2 aromatic carbocycles. The summed E-state index contributed by atoms with van der Waals surface area (Å²) in [7, 11) is 1.46. The summed E-state index contributed by atoms with van der Waals surface area (Å²) in [5.41, 5.74) is 1.96. The fourth-order valence-electron chi connectivity index (χ4n) is 2.14. The van der Waals surface area contributed by atoms with Gasteiger partial charge >= 0.3 is 0 Å². The smallest absolute Gasteiger partial charge is 0.233 e. The van der Waals surface area contributed by atoms with Gasteiger partial charge in [0.2, 0.25) is 11.8 Å². The standard InChI is InChI=1S/C18H18ClFN2O3/c1-11-7-15(16(25-2)8-14(11)19)22-18(24)9-17(23)21-10-12-3-5-13(20)6-4-12/h3-8H,9-10H2,1-2H3,(H,21,23)(H,22,24). The van der Waals surface area contributed by atoms with Crippen molar-refractivity contribution in [1.29, 1.82) is 0 Å². The van der Waals surface area contributed by atoms with E-state index < -0.39 is 11.8 Å². The fraction of sp³-hybridized carbons (Fsp3) is 0.222. The van der Waals surface area contributed by atoms with Gasteiger partial charge in [-0.25, -0.2) is 4.39 Å². The molecule has 0 fully saturated rings. The van der Waals surface area contributed by atoms with E-state index >= 15 is 0 Å². The SMILES string of the molecule is COc1cc(Cl)c(C)cc1NC(=O)CC(=O)NCc1ccc(F)cc1. The van der Waals surface area contributed by atoms with Crippen molar-refractivity contribution in [3.63, 3.8) is 0 Å². The van der Waals surface area contributed by atoms with Gasteiger partial charge in [-0.1, -0.05) is 23.7 Å². The van der Waals surface area contributed by atoms with Gasteiger partial charge in [-0.05, 0) is 36.2 Å². The molecular formula is C18H18ClFN2O3. The van der Waals surface area contributed by atoms with Crippen molar-refractivity contribution in [3.05, 3.63) is 58.4 Å². The Hall–Kier alpha value is -2.60. The number of carbonyl (C=O) groups is 2. The van der Waals surface area contributed by atoms with Crippen LogP contribution in [0.1, 0.15) is 17.5 Å². The van der Waals surface area contributed by atoms with E-state index in [4.69, 9.17) is 16.3 Å². The number of hydrogen-bond acceptors (Lipinski definition) is 3. The number of aryl methyl sites for hydroxylation is 1. The van der Waals surface area contributed by atoms with Gasteiger partial charge in [-0.2, -0.15) is 0 Å². The third kappa shape index (κ3) is 5.46. The van der Waals surface area contributed by atoms with E-state index in [9.17, 15) is 14.0 Å². The number of benzene rings is 2. The van der Waals surface area contributed by atoms with E-state index in [0.29, 0.717) is 16.5 Å². The third-order valence-electron chi connectivity index (χ3n) is 3.48. The third-order valence-corrected chi connectivity index (χ3v) is 3.89.